The molecule has 5 rings (SSSR count). The summed E-state index contributed by atoms with van der Waals surface area (Å²) < 4.78 is 11.7. The zero-order valence-electron chi connectivity index (χ0n) is 18.2. The van der Waals surface area contributed by atoms with Crippen molar-refractivity contribution in [1.29, 1.82) is 0 Å². The lowest BCUT2D eigenvalue weighted by atomic mass is 9.96. The van der Waals surface area contributed by atoms with E-state index in [1.165, 1.54) is 5.56 Å². The topological polar surface area (TPSA) is 94.7 Å². The summed E-state index contributed by atoms with van der Waals surface area (Å²) in [5.41, 5.74) is 11.3. The number of benzene rings is 3. The normalized spacial score (nSPS) is 14.8. The number of nitrogens with two attached hydrogens (primary N) is 1. The third kappa shape index (κ3) is 3.96. The number of pyridine rings is 1. The molecule has 0 spiro atoms. The van der Waals surface area contributed by atoms with E-state index < -0.39 is 5.97 Å². The molecule has 33 heavy (non-hydrogen) atoms. The third-order valence-corrected chi connectivity index (χ3v) is 6.20. The maximum absolute atomic E-state index is 11.3. The van der Waals surface area contributed by atoms with Gasteiger partial charge in [0.2, 0.25) is 0 Å². The molecule has 1 aliphatic carbocycles. The van der Waals surface area contributed by atoms with Gasteiger partial charge in [-0.3, -0.25) is 4.79 Å². The third-order valence-electron chi connectivity index (χ3n) is 6.20. The number of fused-ring (bicyclic) bond motifs is 2. The van der Waals surface area contributed by atoms with E-state index in [9.17, 15) is 9.90 Å². The van der Waals surface area contributed by atoms with Gasteiger partial charge in [-0.05, 0) is 58.7 Å². The first-order valence-corrected chi connectivity index (χ1v) is 10.9. The van der Waals surface area contributed by atoms with Gasteiger partial charge < -0.3 is 20.3 Å². The number of hydrogen-bond donors (Lipinski definition) is 2. The van der Waals surface area contributed by atoms with E-state index in [4.69, 9.17) is 15.2 Å². The van der Waals surface area contributed by atoms with E-state index in [2.05, 4.69) is 29.2 Å². The average molecular weight is 440 g/mol. The van der Waals surface area contributed by atoms with Crippen LogP contribution in [0, 0.1) is 0 Å². The highest BCUT2D eigenvalue weighted by Crippen LogP contribution is 2.40. The molecule has 1 heterocycles. The summed E-state index contributed by atoms with van der Waals surface area (Å²) in [6.45, 7) is 0. The lowest BCUT2D eigenvalue weighted by Gasteiger charge is -2.19. The van der Waals surface area contributed by atoms with Gasteiger partial charge in [-0.15, -0.1) is 0 Å². The van der Waals surface area contributed by atoms with Crippen LogP contribution in [0.15, 0.2) is 66.9 Å². The Hall–Kier alpha value is -4.06. The number of nitrogens with zero attached hydrogens (tertiary/aromatic N) is 1. The fourth-order valence-corrected chi connectivity index (χ4v) is 4.57. The van der Waals surface area contributed by atoms with Gasteiger partial charge in [-0.25, -0.2) is 4.98 Å². The number of carboxylic acid groups (broad SMARTS) is 1. The quantitative estimate of drug-likeness (QED) is 0.429. The van der Waals surface area contributed by atoms with Crippen molar-refractivity contribution in [1.82, 2.24) is 4.98 Å². The van der Waals surface area contributed by atoms with Crippen LogP contribution in [0.5, 0.6) is 11.5 Å². The van der Waals surface area contributed by atoms with Crippen LogP contribution >= 0.6 is 0 Å². The molecule has 0 amide bonds. The van der Waals surface area contributed by atoms with Crippen molar-refractivity contribution in [3.05, 3.63) is 83.6 Å². The first kappa shape index (κ1) is 20.8. The van der Waals surface area contributed by atoms with Gasteiger partial charge >= 0.3 is 5.97 Å². The van der Waals surface area contributed by atoms with Crippen LogP contribution in [0.2, 0.25) is 0 Å². The van der Waals surface area contributed by atoms with Crippen LogP contribution in [0.25, 0.3) is 21.9 Å². The maximum Gasteiger partial charge on any atom is 0.307 e. The molecule has 0 bridgehead atoms. The van der Waals surface area contributed by atoms with Crippen LogP contribution in [0.1, 0.15) is 29.2 Å². The molecular weight excluding hydrogens is 416 g/mol. The van der Waals surface area contributed by atoms with Crippen LogP contribution in [0.3, 0.4) is 0 Å². The number of hydrogen-bond acceptors (Lipinski definition) is 5. The molecule has 0 radical (unpaired) electrons. The minimum atomic E-state index is -0.899. The number of aromatic nitrogens is 1. The highest BCUT2D eigenvalue weighted by Gasteiger charge is 2.26. The van der Waals surface area contributed by atoms with Crippen LogP contribution in [-0.2, 0) is 17.6 Å². The second kappa shape index (κ2) is 8.47. The first-order chi connectivity index (χ1) is 16.0. The molecule has 1 unspecified atom stereocenters. The van der Waals surface area contributed by atoms with Crippen molar-refractivity contribution in [3.8, 4) is 22.6 Å². The van der Waals surface area contributed by atoms with Gasteiger partial charge in [-0.1, -0.05) is 36.4 Å². The molecule has 1 aromatic heterocycles. The number of carbonyl (C=O) groups is 1. The van der Waals surface area contributed by atoms with Crippen molar-refractivity contribution in [2.75, 3.05) is 12.8 Å². The number of rotatable bonds is 6. The molecule has 3 N–H and O–H groups in total. The standard InChI is InChI=1S/C27H24N2O4/c1-32-19-9-7-18(14-26(30)31)25(15-19)33-24-10-8-16-5-6-17(13-23(16)24)20-3-2-4-22-21(20)11-12-29-27(22)28/h2-7,9,11-13,15,24H,8,10,14H2,1H3,(H2,28,29)(H,30,31). The minimum absolute atomic E-state index is 0.107. The van der Waals surface area contributed by atoms with Crippen molar-refractivity contribution in [2.45, 2.75) is 25.4 Å². The first-order valence-electron chi connectivity index (χ1n) is 10.9. The number of nitrogen functional groups attached to an aromatic ring is 1. The fourth-order valence-electron chi connectivity index (χ4n) is 4.57. The van der Waals surface area contributed by atoms with Crippen molar-refractivity contribution in [3.63, 3.8) is 0 Å². The fraction of sp³-hybridized carbons (Fsp3) is 0.185. The summed E-state index contributed by atoms with van der Waals surface area (Å²) in [5, 5.41) is 11.3. The van der Waals surface area contributed by atoms with E-state index in [1.807, 2.05) is 18.2 Å². The Kier molecular flexibility index (Phi) is 5.34. The molecule has 0 saturated heterocycles. The summed E-state index contributed by atoms with van der Waals surface area (Å²) in [5.74, 6) is 0.793. The van der Waals surface area contributed by atoms with Crippen LogP contribution < -0.4 is 15.2 Å². The second-order valence-corrected chi connectivity index (χ2v) is 8.20. The van der Waals surface area contributed by atoms with E-state index in [0.29, 0.717) is 22.9 Å². The summed E-state index contributed by atoms with van der Waals surface area (Å²) in [6.07, 6.45) is 3.19. The van der Waals surface area contributed by atoms with Crippen LogP contribution in [-0.4, -0.2) is 23.2 Å². The zero-order valence-corrected chi connectivity index (χ0v) is 18.2. The number of anilines is 1. The Morgan fingerprint density at radius 2 is 2.00 bits per heavy atom. The molecule has 1 aliphatic rings. The Balaban J connectivity index is 1.53. The maximum atomic E-state index is 11.3. The number of carboxylic acids is 1. The van der Waals surface area contributed by atoms with Gasteiger partial charge in [0.15, 0.2) is 0 Å². The zero-order chi connectivity index (χ0) is 22.9. The van der Waals surface area contributed by atoms with Gasteiger partial charge in [0.05, 0.1) is 13.5 Å². The molecule has 4 aromatic rings. The van der Waals surface area contributed by atoms with Gasteiger partial charge in [-0.2, -0.15) is 0 Å². The number of ether oxygens (including phenoxy) is 2. The Morgan fingerprint density at radius 3 is 2.82 bits per heavy atom. The SMILES string of the molecule is COc1ccc(CC(=O)O)c(OC2CCc3ccc(-c4cccc5c(N)nccc45)cc32)c1. The van der Waals surface area contributed by atoms with Gasteiger partial charge in [0.1, 0.15) is 23.4 Å². The average Bonchev–Trinajstić information content (AvgIpc) is 3.22. The lowest BCUT2D eigenvalue weighted by molar-refractivity contribution is -0.136. The highest BCUT2D eigenvalue weighted by atomic mass is 16.5. The number of aliphatic carboxylic acids is 1. The van der Waals surface area contributed by atoms with E-state index in [0.717, 1.165) is 40.3 Å². The molecular formula is C27H24N2O4. The minimum Gasteiger partial charge on any atom is -0.497 e. The smallest absolute Gasteiger partial charge is 0.307 e. The molecule has 0 saturated carbocycles. The molecule has 0 fully saturated rings. The predicted molar refractivity (Wildman–Crippen MR) is 128 cm³/mol. The summed E-state index contributed by atoms with van der Waals surface area (Å²) in [6, 6.07) is 19.8. The number of aryl methyl sites for hydroxylation is 1. The largest absolute Gasteiger partial charge is 0.497 e. The number of methoxy groups -OCH3 is 1. The van der Waals surface area contributed by atoms with Crippen molar-refractivity contribution < 1.29 is 19.4 Å². The molecule has 3 aromatic carbocycles. The molecule has 6 heteroatoms. The van der Waals surface area contributed by atoms with Gasteiger partial charge in [0, 0.05) is 23.2 Å². The van der Waals surface area contributed by atoms with Crippen molar-refractivity contribution >= 4 is 22.6 Å². The van der Waals surface area contributed by atoms with E-state index >= 15 is 0 Å². The Morgan fingerprint density at radius 1 is 1.12 bits per heavy atom. The van der Waals surface area contributed by atoms with Crippen LogP contribution in [0.4, 0.5) is 5.82 Å². The summed E-state index contributed by atoms with van der Waals surface area (Å²) >= 11 is 0. The molecule has 0 aliphatic heterocycles. The molecule has 166 valence electrons. The van der Waals surface area contributed by atoms with Crippen molar-refractivity contribution in [2.24, 2.45) is 0 Å². The Bertz CT molecular complexity index is 1370. The highest BCUT2D eigenvalue weighted by molar-refractivity contribution is 6.01. The van der Waals surface area contributed by atoms with E-state index in [-0.39, 0.29) is 12.5 Å². The summed E-state index contributed by atoms with van der Waals surface area (Å²) in [7, 11) is 1.58. The molecule has 6 nitrogen and oxygen atoms in total. The van der Waals surface area contributed by atoms with Gasteiger partial charge in [0.25, 0.3) is 0 Å². The van der Waals surface area contributed by atoms with E-state index in [1.54, 1.807) is 31.5 Å². The Labute approximate surface area is 191 Å². The lowest BCUT2D eigenvalue weighted by Crippen LogP contribution is -2.08. The molecule has 1 atom stereocenters. The second-order valence-electron chi connectivity index (χ2n) is 8.20. The monoisotopic (exact) mass is 440 g/mol. The predicted octanol–water partition coefficient (Wildman–Crippen LogP) is 5.19. The summed E-state index contributed by atoms with van der Waals surface area (Å²) in [4.78, 5) is 15.6.